The Morgan fingerprint density at radius 1 is 1.46 bits per heavy atom. The maximum atomic E-state index is 11.8. The van der Waals surface area contributed by atoms with Crippen molar-refractivity contribution in [3.8, 4) is 0 Å². The van der Waals surface area contributed by atoms with Crippen molar-refractivity contribution < 1.29 is 13.9 Å². The molecule has 0 aromatic carbocycles. The van der Waals surface area contributed by atoms with Crippen LogP contribution in [0.15, 0.2) is 11.6 Å². The smallest absolute Gasteiger partial charge is 0.203 e. The molecule has 1 unspecified atom stereocenters. The first-order valence-electron chi connectivity index (χ1n) is 4.51. The third-order valence-electron chi connectivity index (χ3n) is 2.32. The fourth-order valence-corrected chi connectivity index (χ4v) is 2.49. The Morgan fingerprint density at radius 2 is 2.00 bits per heavy atom. The molecule has 0 aromatic heterocycles. The normalized spacial score (nSPS) is 22.5. The van der Waals surface area contributed by atoms with Gasteiger partial charge in [-0.25, -0.2) is 0 Å². The van der Waals surface area contributed by atoms with Crippen molar-refractivity contribution in [3.05, 3.63) is 11.6 Å². The number of carbonyl (C=O) groups is 1. The van der Waals surface area contributed by atoms with Gasteiger partial charge in [-0.2, -0.15) is 0 Å². The molecule has 1 aliphatic carbocycles. The molecule has 0 saturated heterocycles. The molecule has 0 saturated carbocycles. The molecule has 3 nitrogen and oxygen atoms in total. The van der Waals surface area contributed by atoms with Crippen LogP contribution in [0.1, 0.15) is 20.8 Å². The van der Waals surface area contributed by atoms with E-state index in [1.807, 2.05) is 13.8 Å². The number of carbonyl (C=O) groups excluding carboxylic acids is 1. The van der Waals surface area contributed by atoms with Crippen molar-refractivity contribution in [2.24, 2.45) is 0 Å². The fraction of sp³-hybridized carbons (Fsp3) is 0.667. The van der Waals surface area contributed by atoms with Gasteiger partial charge in [-0.15, -0.1) is 0 Å². The van der Waals surface area contributed by atoms with Crippen molar-refractivity contribution in [3.63, 3.8) is 0 Å². The van der Waals surface area contributed by atoms with E-state index in [-0.39, 0.29) is 5.78 Å². The molecular weight excluding hydrogens is 187 g/mol. The van der Waals surface area contributed by atoms with E-state index in [0.29, 0.717) is 17.9 Å². The van der Waals surface area contributed by atoms with Gasteiger partial charge in [-0.3, -0.25) is 9.36 Å². The first kappa shape index (κ1) is 10.7. The van der Waals surface area contributed by atoms with Gasteiger partial charge in [0.05, 0.1) is 0 Å². The third kappa shape index (κ3) is 2.09. The Kier molecular flexibility index (Phi) is 3.09. The van der Waals surface area contributed by atoms with Crippen LogP contribution in [0.5, 0.6) is 0 Å². The minimum Gasteiger partial charge on any atom is -0.312 e. The summed E-state index contributed by atoms with van der Waals surface area (Å²) in [6, 6.07) is 0. The molecule has 0 amide bonds. The highest BCUT2D eigenvalue weighted by Crippen LogP contribution is 2.48. The van der Waals surface area contributed by atoms with Crippen LogP contribution in [0.3, 0.4) is 0 Å². The van der Waals surface area contributed by atoms with Gasteiger partial charge in [0.2, 0.25) is 7.37 Å². The molecule has 0 bridgehead atoms. The van der Waals surface area contributed by atoms with Crippen LogP contribution in [0.2, 0.25) is 0 Å². The van der Waals surface area contributed by atoms with Crippen molar-refractivity contribution in [1.82, 2.24) is 0 Å². The van der Waals surface area contributed by atoms with E-state index in [1.54, 1.807) is 13.0 Å². The number of hydrogen-bond acceptors (Lipinski definition) is 3. The lowest BCUT2D eigenvalue weighted by atomic mass is 9.96. The van der Waals surface area contributed by atoms with Gasteiger partial charge in [0.1, 0.15) is 6.10 Å². The van der Waals surface area contributed by atoms with Crippen LogP contribution in [0, 0.1) is 0 Å². The van der Waals surface area contributed by atoms with Crippen molar-refractivity contribution in [2.45, 2.75) is 26.9 Å². The van der Waals surface area contributed by atoms with Gasteiger partial charge in [-0.1, -0.05) is 13.8 Å². The predicted molar refractivity (Wildman–Crippen MR) is 52.3 cm³/mol. The zero-order chi connectivity index (χ0) is 10.1. The van der Waals surface area contributed by atoms with Crippen molar-refractivity contribution >= 4 is 13.2 Å². The Hall–Kier alpha value is -0.400. The van der Waals surface area contributed by atoms with Gasteiger partial charge in [-0.05, 0) is 18.6 Å². The second kappa shape index (κ2) is 3.77. The Morgan fingerprint density at radius 3 is 2.31 bits per heavy atom. The third-order valence-corrected chi connectivity index (χ3v) is 4.86. The number of rotatable bonds is 4. The summed E-state index contributed by atoms with van der Waals surface area (Å²) < 4.78 is 17.1. The maximum Gasteiger partial charge on any atom is 0.203 e. The van der Waals surface area contributed by atoms with Crippen LogP contribution in [0.25, 0.3) is 0 Å². The SMILES string of the molecule is CCP(=O)(CC)OC1C=C(C)C1=O. The van der Waals surface area contributed by atoms with Crippen LogP contribution in [-0.2, 0) is 13.9 Å². The van der Waals surface area contributed by atoms with E-state index < -0.39 is 13.5 Å². The zero-order valence-corrected chi connectivity index (χ0v) is 9.14. The van der Waals surface area contributed by atoms with Gasteiger partial charge in [0, 0.05) is 12.3 Å². The topological polar surface area (TPSA) is 43.4 Å². The highest BCUT2D eigenvalue weighted by atomic mass is 31.2. The Labute approximate surface area is 78.6 Å². The molecule has 0 fully saturated rings. The molecule has 0 radical (unpaired) electrons. The molecule has 0 heterocycles. The minimum absolute atomic E-state index is 0.0258. The highest BCUT2D eigenvalue weighted by Gasteiger charge is 2.33. The first-order chi connectivity index (χ1) is 6.02. The van der Waals surface area contributed by atoms with Gasteiger partial charge >= 0.3 is 0 Å². The zero-order valence-electron chi connectivity index (χ0n) is 8.24. The second-order valence-electron chi connectivity index (χ2n) is 3.19. The average Bonchev–Trinajstić information content (AvgIpc) is 2.16. The summed E-state index contributed by atoms with van der Waals surface area (Å²) in [7, 11) is -2.53. The molecule has 1 atom stereocenters. The lowest BCUT2D eigenvalue weighted by Crippen LogP contribution is -2.31. The van der Waals surface area contributed by atoms with Crippen molar-refractivity contribution in [2.75, 3.05) is 12.3 Å². The molecule has 0 aliphatic heterocycles. The Balaban J connectivity index is 2.61. The summed E-state index contributed by atoms with van der Waals surface area (Å²) in [5.41, 5.74) is 0.712. The van der Waals surface area contributed by atoms with Gasteiger partial charge in [0.25, 0.3) is 0 Å². The Bertz CT molecular complexity index is 285. The number of ketones is 1. The second-order valence-corrected chi connectivity index (χ2v) is 6.29. The van der Waals surface area contributed by atoms with E-state index >= 15 is 0 Å². The molecule has 1 rings (SSSR count). The average molecular weight is 202 g/mol. The van der Waals surface area contributed by atoms with E-state index in [1.165, 1.54) is 0 Å². The number of Topliss-reactive ketones (excluding diaryl/α,β-unsaturated/α-hetero) is 1. The van der Waals surface area contributed by atoms with E-state index in [0.717, 1.165) is 0 Å². The van der Waals surface area contributed by atoms with E-state index in [2.05, 4.69) is 0 Å². The summed E-state index contributed by atoms with van der Waals surface area (Å²) in [5, 5.41) is 0. The monoisotopic (exact) mass is 202 g/mol. The van der Waals surface area contributed by atoms with Crippen LogP contribution < -0.4 is 0 Å². The molecule has 0 spiro atoms. The lowest BCUT2D eigenvalue weighted by molar-refractivity contribution is -0.122. The summed E-state index contributed by atoms with van der Waals surface area (Å²) >= 11 is 0. The van der Waals surface area contributed by atoms with Crippen LogP contribution in [-0.4, -0.2) is 24.2 Å². The fourth-order valence-electron chi connectivity index (χ4n) is 1.17. The predicted octanol–water partition coefficient (Wildman–Crippen LogP) is 2.22. The molecule has 1 aliphatic rings. The molecule has 4 heteroatoms. The quantitative estimate of drug-likeness (QED) is 0.656. The summed E-state index contributed by atoms with van der Waals surface area (Å²) in [5.74, 6) is -0.0258. The summed E-state index contributed by atoms with van der Waals surface area (Å²) in [6.07, 6.45) is 2.19. The molecule has 0 aromatic rings. The van der Waals surface area contributed by atoms with Crippen LogP contribution >= 0.6 is 7.37 Å². The maximum absolute atomic E-state index is 11.8. The first-order valence-corrected chi connectivity index (χ1v) is 6.51. The minimum atomic E-state index is -2.53. The molecule has 74 valence electrons. The van der Waals surface area contributed by atoms with E-state index in [4.69, 9.17) is 4.52 Å². The largest absolute Gasteiger partial charge is 0.312 e. The molecule has 13 heavy (non-hydrogen) atoms. The van der Waals surface area contributed by atoms with Gasteiger partial charge < -0.3 is 4.52 Å². The lowest BCUT2D eigenvalue weighted by Gasteiger charge is -2.26. The van der Waals surface area contributed by atoms with Gasteiger partial charge in [0.15, 0.2) is 5.78 Å². The number of hydrogen-bond donors (Lipinski definition) is 0. The van der Waals surface area contributed by atoms with Crippen molar-refractivity contribution in [1.29, 1.82) is 0 Å². The van der Waals surface area contributed by atoms with E-state index in [9.17, 15) is 9.36 Å². The summed E-state index contributed by atoms with van der Waals surface area (Å²) in [6.45, 7) is 5.39. The standard InChI is InChI=1S/C9H15O3P/c1-4-13(11,5-2)12-8-6-7(3)9(8)10/h6,8H,4-5H2,1-3H3. The van der Waals surface area contributed by atoms with Crippen LogP contribution in [0.4, 0.5) is 0 Å². The summed E-state index contributed by atoms with van der Waals surface area (Å²) in [4.78, 5) is 11.2. The highest BCUT2D eigenvalue weighted by molar-refractivity contribution is 7.58. The molecule has 0 N–H and O–H groups in total. The molecular formula is C9H15O3P.